The van der Waals surface area contributed by atoms with Gasteiger partial charge in [0.05, 0.1) is 17.9 Å². The Bertz CT molecular complexity index is 805. The fraction of sp³-hybridized carbons (Fsp3) is 0.444. The first-order valence-corrected chi connectivity index (χ1v) is 10.5. The second-order valence-corrected chi connectivity index (χ2v) is 8.65. The van der Waals surface area contributed by atoms with Gasteiger partial charge < -0.3 is 10.2 Å². The maximum Gasteiger partial charge on any atom is 0.188 e. The van der Waals surface area contributed by atoms with Crippen LogP contribution in [-0.2, 0) is 25.0 Å². The van der Waals surface area contributed by atoms with Gasteiger partial charge in [-0.25, -0.2) is 9.97 Å². The van der Waals surface area contributed by atoms with Crippen LogP contribution in [0.15, 0.2) is 27.8 Å². The van der Waals surface area contributed by atoms with Gasteiger partial charge in [-0.3, -0.25) is 0 Å². The van der Waals surface area contributed by atoms with Crippen molar-refractivity contribution in [3.63, 3.8) is 0 Å². The minimum atomic E-state index is -1.05. The summed E-state index contributed by atoms with van der Waals surface area (Å²) >= 11 is 11.1. The van der Waals surface area contributed by atoms with Gasteiger partial charge in [-0.2, -0.15) is 0 Å². The molecule has 3 rings (SSSR count). The fourth-order valence-corrected chi connectivity index (χ4v) is 4.65. The SMILES string of the molecule is CSc1nc(Cl)c(CO)c(C[C@@]2(O)C[C@H](C)Cc3ccc(Br)cc32)n1. The highest BCUT2D eigenvalue weighted by molar-refractivity contribution is 9.10. The molecule has 0 aliphatic heterocycles. The average molecular weight is 444 g/mol. The van der Waals surface area contributed by atoms with E-state index >= 15 is 0 Å². The molecule has 0 saturated heterocycles. The van der Waals surface area contributed by atoms with Crippen molar-refractivity contribution in [2.75, 3.05) is 6.26 Å². The molecule has 2 aromatic rings. The van der Waals surface area contributed by atoms with Crippen LogP contribution < -0.4 is 0 Å². The molecule has 0 radical (unpaired) electrons. The fourth-order valence-electron chi connectivity index (χ4n) is 3.61. The Morgan fingerprint density at radius 1 is 1.40 bits per heavy atom. The van der Waals surface area contributed by atoms with E-state index in [2.05, 4.69) is 38.9 Å². The minimum absolute atomic E-state index is 0.249. The zero-order valence-corrected chi connectivity index (χ0v) is 17.2. The van der Waals surface area contributed by atoms with Crippen LogP contribution >= 0.6 is 39.3 Å². The maximum atomic E-state index is 11.5. The highest BCUT2D eigenvalue weighted by Gasteiger charge is 2.38. The number of hydrogen-bond acceptors (Lipinski definition) is 5. The molecule has 0 fully saturated rings. The largest absolute Gasteiger partial charge is 0.391 e. The summed E-state index contributed by atoms with van der Waals surface area (Å²) in [7, 11) is 0. The van der Waals surface area contributed by atoms with Gasteiger partial charge in [-0.15, -0.1) is 0 Å². The van der Waals surface area contributed by atoms with Crippen LogP contribution in [0, 0.1) is 5.92 Å². The molecule has 2 N–H and O–H groups in total. The van der Waals surface area contributed by atoms with E-state index in [-0.39, 0.29) is 11.8 Å². The summed E-state index contributed by atoms with van der Waals surface area (Å²) in [6, 6.07) is 6.05. The first-order chi connectivity index (χ1) is 11.9. The molecule has 0 bridgehead atoms. The van der Waals surface area contributed by atoms with E-state index in [0.717, 1.165) is 22.0 Å². The predicted molar refractivity (Wildman–Crippen MR) is 104 cm³/mol. The summed E-state index contributed by atoms with van der Waals surface area (Å²) in [5, 5.41) is 22.0. The molecular weight excluding hydrogens is 424 g/mol. The van der Waals surface area contributed by atoms with Crippen LogP contribution in [-0.4, -0.2) is 26.4 Å². The number of thioether (sulfide) groups is 1. The number of aromatic nitrogens is 2. The van der Waals surface area contributed by atoms with Crippen LogP contribution in [0.5, 0.6) is 0 Å². The smallest absolute Gasteiger partial charge is 0.188 e. The van der Waals surface area contributed by atoms with Crippen LogP contribution in [0.3, 0.4) is 0 Å². The van der Waals surface area contributed by atoms with E-state index in [1.54, 1.807) is 0 Å². The molecular formula is C18H20BrClN2O2S. The number of fused-ring (bicyclic) bond motifs is 1. The molecule has 4 nitrogen and oxygen atoms in total. The predicted octanol–water partition coefficient (Wildman–Crippen LogP) is 4.12. The van der Waals surface area contributed by atoms with Gasteiger partial charge in [0.1, 0.15) is 5.15 Å². The molecule has 25 heavy (non-hydrogen) atoms. The van der Waals surface area contributed by atoms with Crippen molar-refractivity contribution in [1.29, 1.82) is 0 Å². The minimum Gasteiger partial charge on any atom is -0.391 e. The number of halogens is 2. The molecule has 1 aromatic heterocycles. The van der Waals surface area contributed by atoms with E-state index in [0.29, 0.717) is 35.2 Å². The van der Waals surface area contributed by atoms with Crippen LogP contribution in [0.4, 0.5) is 0 Å². The van der Waals surface area contributed by atoms with Crippen molar-refractivity contribution < 1.29 is 10.2 Å². The third-order valence-corrected chi connectivity index (χ3v) is 6.00. The van der Waals surface area contributed by atoms with Crippen LogP contribution in [0.2, 0.25) is 5.15 Å². The van der Waals surface area contributed by atoms with E-state index in [1.165, 1.54) is 11.8 Å². The highest BCUT2D eigenvalue weighted by atomic mass is 79.9. The number of hydrogen-bond donors (Lipinski definition) is 2. The monoisotopic (exact) mass is 442 g/mol. The Morgan fingerprint density at radius 2 is 2.16 bits per heavy atom. The number of aliphatic hydroxyl groups is 2. The number of benzene rings is 1. The normalized spacial score (nSPS) is 22.7. The molecule has 134 valence electrons. The van der Waals surface area contributed by atoms with Crippen molar-refractivity contribution in [2.24, 2.45) is 5.92 Å². The van der Waals surface area contributed by atoms with Gasteiger partial charge in [-0.1, -0.05) is 52.3 Å². The van der Waals surface area contributed by atoms with Gasteiger partial charge in [0, 0.05) is 16.5 Å². The average Bonchev–Trinajstić information content (AvgIpc) is 2.55. The van der Waals surface area contributed by atoms with Crippen molar-refractivity contribution in [3.8, 4) is 0 Å². The first-order valence-electron chi connectivity index (χ1n) is 8.07. The highest BCUT2D eigenvalue weighted by Crippen LogP contribution is 2.42. The Hall–Kier alpha value is -0.660. The van der Waals surface area contributed by atoms with Crippen LogP contribution in [0.25, 0.3) is 0 Å². The lowest BCUT2D eigenvalue weighted by atomic mass is 9.72. The first kappa shape index (κ1) is 19.1. The molecule has 1 aliphatic rings. The second kappa shape index (κ2) is 7.53. The molecule has 1 heterocycles. The van der Waals surface area contributed by atoms with Crippen molar-refractivity contribution >= 4 is 39.3 Å². The zero-order valence-electron chi connectivity index (χ0n) is 14.1. The zero-order chi connectivity index (χ0) is 18.2. The molecule has 2 atom stereocenters. The number of nitrogens with zero attached hydrogens (tertiary/aromatic N) is 2. The molecule has 7 heteroatoms. The van der Waals surface area contributed by atoms with Crippen molar-refractivity contribution in [2.45, 2.75) is 43.6 Å². The van der Waals surface area contributed by atoms with Crippen molar-refractivity contribution in [3.05, 3.63) is 50.2 Å². The van der Waals surface area contributed by atoms with E-state index in [9.17, 15) is 10.2 Å². The summed E-state index contributed by atoms with van der Waals surface area (Å²) in [5.41, 5.74) is 2.12. The molecule has 1 aromatic carbocycles. The topological polar surface area (TPSA) is 66.2 Å². The van der Waals surface area contributed by atoms with Crippen molar-refractivity contribution in [1.82, 2.24) is 9.97 Å². The molecule has 0 saturated carbocycles. The summed E-state index contributed by atoms with van der Waals surface area (Å²) in [6.07, 6.45) is 3.75. The van der Waals surface area contributed by atoms with Gasteiger partial charge >= 0.3 is 0 Å². The molecule has 0 spiro atoms. The summed E-state index contributed by atoms with van der Waals surface area (Å²) in [4.78, 5) is 8.70. The lowest BCUT2D eigenvalue weighted by Crippen LogP contribution is -2.37. The third-order valence-electron chi connectivity index (χ3n) is 4.65. The number of rotatable bonds is 4. The van der Waals surface area contributed by atoms with Gasteiger partial charge in [0.15, 0.2) is 5.16 Å². The summed E-state index contributed by atoms with van der Waals surface area (Å²) in [6.45, 7) is 1.89. The molecule has 0 unspecified atom stereocenters. The molecule has 0 amide bonds. The maximum absolute atomic E-state index is 11.5. The van der Waals surface area contributed by atoms with E-state index in [4.69, 9.17) is 11.6 Å². The third kappa shape index (κ3) is 3.88. The Morgan fingerprint density at radius 3 is 2.84 bits per heavy atom. The summed E-state index contributed by atoms with van der Waals surface area (Å²) in [5.74, 6) is 0.355. The number of aliphatic hydroxyl groups excluding tert-OH is 1. The second-order valence-electron chi connectivity index (χ2n) is 6.61. The standard InChI is InChI=1S/C18H20BrClN2O2S/c1-10-5-11-3-4-12(19)6-14(11)18(24,7-10)8-15-13(9-23)16(20)22-17(21-15)25-2/h3-4,6,10,23-24H,5,7-9H2,1-2H3/t10-,18+/m1/s1. The Balaban J connectivity index is 2.09. The lowest BCUT2D eigenvalue weighted by Gasteiger charge is -2.38. The Labute approximate surface area is 165 Å². The summed E-state index contributed by atoms with van der Waals surface area (Å²) < 4.78 is 0.937. The Kier molecular flexibility index (Phi) is 5.75. The van der Waals surface area contributed by atoms with Gasteiger partial charge in [-0.05, 0) is 48.3 Å². The quantitative estimate of drug-likeness (QED) is 0.423. The van der Waals surface area contributed by atoms with E-state index in [1.807, 2.05) is 18.4 Å². The van der Waals surface area contributed by atoms with E-state index < -0.39 is 5.60 Å². The lowest BCUT2D eigenvalue weighted by molar-refractivity contribution is 0.00322. The van der Waals surface area contributed by atoms with Gasteiger partial charge in [0.25, 0.3) is 0 Å². The van der Waals surface area contributed by atoms with Gasteiger partial charge in [0.2, 0.25) is 0 Å². The molecule has 1 aliphatic carbocycles. The van der Waals surface area contributed by atoms with Crippen LogP contribution in [0.1, 0.15) is 35.7 Å².